The van der Waals surface area contributed by atoms with E-state index < -0.39 is 0 Å². The normalized spacial score (nSPS) is 16.1. The van der Waals surface area contributed by atoms with Crippen molar-refractivity contribution in [3.63, 3.8) is 0 Å². The van der Waals surface area contributed by atoms with Gasteiger partial charge in [0.2, 0.25) is 17.6 Å². The molecule has 0 spiro atoms. The van der Waals surface area contributed by atoms with Crippen LogP contribution in [0.1, 0.15) is 48.4 Å². The molecule has 1 saturated heterocycles. The first-order valence-corrected chi connectivity index (χ1v) is 11.9. The lowest BCUT2D eigenvalue weighted by Gasteiger charge is -2.31. The number of carbonyl (C=O) groups is 1. The highest BCUT2D eigenvalue weighted by Gasteiger charge is 2.27. The molecule has 0 saturated carbocycles. The largest absolute Gasteiger partial charge is 0.349 e. The Hall–Kier alpha value is -2.51. The second kappa shape index (κ2) is 9.96. The highest BCUT2D eigenvalue weighted by Crippen LogP contribution is 2.24. The Bertz CT molecular complexity index is 1070. The topological polar surface area (TPSA) is 71.3 Å². The fourth-order valence-corrected chi connectivity index (χ4v) is 4.56. The molecule has 1 amide bonds. The Morgan fingerprint density at radius 1 is 1.19 bits per heavy atom. The molecule has 7 heteroatoms. The van der Waals surface area contributed by atoms with Crippen molar-refractivity contribution in [2.24, 2.45) is 5.92 Å². The van der Waals surface area contributed by atoms with Crippen molar-refractivity contribution in [3.8, 4) is 11.4 Å². The summed E-state index contributed by atoms with van der Waals surface area (Å²) < 4.78 is 6.47. The van der Waals surface area contributed by atoms with Gasteiger partial charge >= 0.3 is 0 Å². The zero-order valence-corrected chi connectivity index (χ0v) is 20.4. The lowest BCUT2D eigenvalue weighted by atomic mass is 9.94. The van der Waals surface area contributed by atoms with Gasteiger partial charge in [0.1, 0.15) is 0 Å². The Morgan fingerprint density at radius 2 is 1.91 bits per heavy atom. The number of aryl methyl sites for hydroxylation is 2. The first-order chi connectivity index (χ1) is 15.4. The number of nitrogens with zero attached hydrogens (tertiary/aromatic N) is 3. The van der Waals surface area contributed by atoms with E-state index >= 15 is 0 Å². The van der Waals surface area contributed by atoms with Crippen molar-refractivity contribution in [1.82, 2.24) is 20.4 Å². The summed E-state index contributed by atoms with van der Waals surface area (Å²) in [5.41, 5.74) is 4.56. The van der Waals surface area contributed by atoms with Crippen LogP contribution in [0.25, 0.3) is 11.4 Å². The highest BCUT2D eigenvalue weighted by molar-refractivity contribution is 9.10. The molecule has 4 rings (SSSR count). The molecular weight excluding hydrogens is 468 g/mol. The third-order valence-corrected chi connectivity index (χ3v) is 6.67. The SMILES string of the molecule is Cc1ccc(C(C)NC(=O)C2CCN(Cc3nc(-c4ccc(Br)cc4)no3)CC2)c(C)c1. The van der Waals surface area contributed by atoms with Crippen LogP contribution in [0.5, 0.6) is 0 Å². The number of carbonyl (C=O) groups excluding carboxylic acids is 1. The van der Waals surface area contributed by atoms with Gasteiger partial charge in [0.25, 0.3) is 0 Å². The molecule has 6 nitrogen and oxygen atoms in total. The number of likely N-dealkylation sites (tertiary alicyclic amines) is 1. The van der Waals surface area contributed by atoms with Crippen LogP contribution in [0.3, 0.4) is 0 Å². The minimum Gasteiger partial charge on any atom is -0.349 e. The zero-order valence-electron chi connectivity index (χ0n) is 18.8. The summed E-state index contributed by atoms with van der Waals surface area (Å²) in [6.07, 6.45) is 1.66. The van der Waals surface area contributed by atoms with E-state index in [4.69, 9.17) is 4.52 Å². The lowest BCUT2D eigenvalue weighted by molar-refractivity contribution is -0.127. The number of hydrogen-bond donors (Lipinski definition) is 1. The number of hydrogen-bond acceptors (Lipinski definition) is 5. The second-order valence-corrected chi connectivity index (χ2v) is 9.58. The summed E-state index contributed by atoms with van der Waals surface area (Å²) in [7, 11) is 0. The van der Waals surface area contributed by atoms with E-state index in [0.29, 0.717) is 18.3 Å². The third-order valence-electron chi connectivity index (χ3n) is 6.14. The Kier molecular flexibility index (Phi) is 7.06. The van der Waals surface area contributed by atoms with Gasteiger partial charge in [-0.25, -0.2) is 0 Å². The molecule has 32 heavy (non-hydrogen) atoms. The van der Waals surface area contributed by atoms with Gasteiger partial charge in [-0.2, -0.15) is 4.98 Å². The molecule has 0 aliphatic carbocycles. The molecule has 2 aromatic carbocycles. The maximum Gasteiger partial charge on any atom is 0.241 e. The first-order valence-electron chi connectivity index (χ1n) is 11.1. The van der Waals surface area contributed by atoms with Crippen molar-refractivity contribution in [3.05, 3.63) is 69.5 Å². The number of rotatable bonds is 6. The molecular formula is C25H29BrN4O2. The van der Waals surface area contributed by atoms with Gasteiger partial charge in [-0.15, -0.1) is 0 Å². The van der Waals surface area contributed by atoms with Gasteiger partial charge in [-0.1, -0.05) is 44.8 Å². The van der Waals surface area contributed by atoms with E-state index in [1.54, 1.807) is 0 Å². The van der Waals surface area contributed by atoms with Crippen LogP contribution >= 0.6 is 15.9 Å². The number of benzene rings is 2. The van der Waals surface area contributed by atoms with Gasteiger partial charge < -0.3 is 9.84 Å². The number of piperidine rings is 1. The minimum atomic E-state index is 0.0107. The van der Waals surface area contributed by atoms with Crippen molar-refractivity contribution in [2.75, 3.05) is 13.1 Å². The Balaban J connectivity index is 1.27. The van der Waals surface area contributed by atoms with Crippen LogP contribution in [0.15, 0.2) is 51.5 Å². The first kappa shape index (κ1) is 22.7. The zero-order chi connectivity index (χ0) is 22.7. The van der Waals surface area contributed by atoms with Crippen LogP contribution in [0.4, 0.5) is 0 Å². The number of nitrogens with one attached hydrogen (secondary N) is 1. The summed E-state index contributed by atoms with van der Waals surface area (Å²) in [6.45, 7) is 8.53. The van der Waals surface area contributed by atoms with Crippen molar-refractivity contribution >= 4 is 21.8 Å². The van der Waals surface area contributed by atoms with Gasteiger partial charge in [-0.05, 0) is 82.1 Å². The molecule has 2 heterocycles. The minimum absolute atomic E-state index is 0.0107. The van der Waals surface area contributed by atoms with Crippen LogP contribution in [0, 0.1) is 19.8 Å². The number of aromatic nitrogens is 2. The van der Waals surface area contributed by atoms with Crippen LogP contribution in [-0.4, -0.2) is 34.0 Å². The van der Waals surface area contributed by atoms with Gasteiger partial charge in [0, 0.05) is 16.0 Å². The van der Waals surface area contributed by atoms with E-state index in [1.807, 2.05) is 24.3 Å². The number of halogens is 1. The van der Waals surface area contributed by atoms with Crippen LogP contribution < -0.4 is 5.32 Å². The standard InChI is InChI=1S/C25H29BrN4O2/c1-16-4-9-22(17(2)14-16)18(3)27-25(31)20-10-12-30(13-11-20)15-23-28-24(29-32-23)19-5-7-21(26)8-6-19/h4-9,14,18,20H,10-13,15H2,1-3H3,(H,27,31). The predicted molar refractivity (Wildman–Crippen MR) is 128 cm³/mol. The maximum atomic E-state index is 12.8. The van der Waals surface area contributed by atoms with E-state index in [1.165, 1.54) is 16.7 Å². The Labute approximate surface area is 197 Å². The van der Waals surface area contributed by atoms with Gasteiger partial charge in [0.05, 0.1) is 12.6 Å². The molecule has 0 bridgehead atoms. The van der Waals surface area contributed by atoms with E-state index in [9.17, 15) is 4.79 Å². The van der Waals surface area contributed by atoms with Gasteiger partial charge in [0.15, 0.2) is 0 Å². The third kappa shape index (κ3) is 5.45. The lowest BCUT2D eigenvalue weighted by Crippen LogP contribution is -2.41. The highest BCUT2D eigenvalue weighted by atomic mass is 79.9. The maximum absolute atomic E-state index is 12.8. The smallest absolute Gasteiger partial charge is 0.241 e. The molecule has 1 aliphatic heterocycles. The van der Waals surface area contributed by atoms with Crippen molar-refractivity contribution in [1.29, 1.82) is 0 Å². The summed E-state index contributed by atoms with van der Waals surface area (Å²) in [6, 6.07) is 14.2. The predicted octanol–water partition coefficient (Wildman–Crippen LogP) is 5.21. The summed E-state index contributed by atoms with van der Waals surface area (Å²) in [5, 5.41) is 7.32. The summed E-state index contributed by atoms with van der Waals surface area (Å²) in [5.74, 6) is 1.39. The molecule has 1 aliphatic rings. The second-order valence-electron chi connectivity index (χ2n) is 8.66. The average molecular weight is 497 g/mol. The van der Waals surface area contributed by atoms with Crippen molar-refractivity contribution < 1.29 is 9.32 Å². The molecule has 1 aromatic heterocycles. The Morgan fingerprint density at radius 3 is 2.59 bits per heavy atom. The molecule has 168 valence electrons. The summed E-state index contributed by atoms with van der Waals surface area (Å²) >= 11 is 3.43. The van der Waals surface area contributed by atoms with Crippen molar-refractivity contribution in [2.45, 2.75) is 46.2 Å². The fraction of sp³-hybridized carbons (Fsp3) is 0.400. The van der Waals surface area contributed by atoms with E-state index in [-0.39, 0.29) is 17.9 Å². The van der Waals surface area contributed by atoms with E-state index in [0.717, 1.165) is 36.0 Å². The number of amides is 1. The van der Waals surface area contributed by atoms with Gasteiger partial charge in [-0.3, -0.25) is 9.69 Å². The monoisotopic (exact) mass is 496 g/mol. The summed E-state index contributed by atoms with van der Waals surface area (Å²) in [4.78, 5) is 19.6. The average Bonchev–Trinajstić information content (AvgIpc) is 3.23. The van der Waals surface area contributed by atoms with Crippen LogP contribution in [-0.2, 0) is 11.3 Å². The quantitative estimate of drug-likeness (QED) is 0.507. The molecule has 3 aromatic rings. The van der Waals surface area contributed by atoms with Crippen LogP contribution in [0.2, 0.25) is 0 Å². The molecule has 0 radical (unpaired) electrons. The molecule has 1 unspecified atom stereocenters. The van der Waals surface area contributed by atoms with E-state index in [2.05, 4.69) is 75.3 Å². The molecule has 1 fully saturated rings. The molecule has 1 atom stereocenters. The fourth-order valence-electron chi connectivity index (χ4n) is 4.30. The molecule has 1 N–H and O–H groups in total.